The fraction of sp³-hybridized carbons (Fsp3) is 0.438. The molecule has 0 saturated heterocycles. The number of pyridine rings is 1. The van der Waals surface area contributed by atoms with Gasteiger partial charge >= 0.3 is 0 Å². The van der Waals surface area contributed by atoms with Gasteiger partial charge in [-0.05, 0) is 44.3 Å². The zero-order valence-electron chi connectivity index (χ0n) is 12.7. The molecule has 1 unspecified atom stereocenters. The Kier molecular flexibility index (Phi) is 4.45. The van der Waals surface area contributed by atoms with Gasteiger partial charge in [0, 0.05) is 29.9 Å². The second-order valence-corrected chi connectivity index (χ2v) is 5.86. The molecule has 0 saturated carbocycles. The maximum absolute atomic E-state index is 6.00. The molecule has 108 valence electrons. The van der Waals surface area contributed by atoms with Crippen LogP contribution < -0.4 is 11.1 Å². The number of nitrogens with zero attached hydrogens (tertiary/aromatic N) is 2. The Morgan fingerprint density at radius 3 is 2.65 bits per heavy atom. The molecule has 1 aromatic heterocycles. The normalized spacial score (nSPS) is 13.1. The Hall–Kier alpha value is -1.81. The van der Waals surface area contributed by atoms with E-state index in [4.69, 9.17) is 5.73 Å². The molecule has 1 heterocycles. The number of benzene rings is 1. The first-order valence-electron chi connectivity index (χ1n) is 7.03. The Labute approximate surface area is 121 Å². The van der Waals surface area contributed by atoms with Gasteiger partial charge in [0.25, 0.3) is 0 Å². The van der Waals surface area contributed by atoms with Crippen molar-refractivity contribution in [2.75, 3.05) is 31.7 Å². The third-order valence-corrected chi connectivity index (χ3v) is 3.51. The summed E-state index contributed by atoms with van der Waals surface area (Å²) in [5, 5.41) is 4.72. The van der Waals surface area contributed by atoms with Crippen molar-refractivity contribution in [3.05, 3.63) is 30.5 Å². The van der Waals surface area contributed by atoms with E-state index in [1.807, 2.05) is 18.2 Å². The molecule has 0 fully saturated rings. The number of anilines is 2. The first-order chi connectivity index (χ1) is 9.49. The molecule has 0 radical (unpaired) electrons. The summed E-state index contributed by atoms with van der Waals surface area (Å²) in [7, 11) is 4.19. The number of likely N-dealkylation sites (N-methyl/N-ethyl adjacent to an activating group) is 1. The Morgan fingerprint density at radius 2 is 2.00 bits per heavy atom. The summed E-state index contributed by atoms with van der Waals surface area (Å²) < 4.78 is 0. The van der Waals surface area contributed by atoms with Gasteiger partial charge in [0.15, 0.2) is 0 Å². The quantitative estimate of drug-likeness (QED) is 0.822. The highest BCUT2D eigenvalue weighted by molar-refractivity contribution is 5.98. The number of hydrogen-bond acceptors (Lipinski definition) is 4. The highest BCUT2D eigenvalue weighted by atomic mass is 15.1. The smallest absolute Gasteiger partial charge is 0.0951 e. The predicted molar refractivity (Wildman–Crippen MR) is 87.0 cm³/mol. The number of fused-ring (bicyclic) bond motifs is 1. The van der Waals surface area contributed by atoms with Crippen molar-refractivity contribution in [3.8, 4) is 0 Å². The van der Waals surface area contributed by atoms with E-state index in [1.165, 1.54) is 0 Å². The molecule has 2 rings (SSSR count). The van der Waals surface area contributed by atoms with Crippen LogP contribution >= 0.6 is 0 Å². The van der Waals surface area contributed by atoms with Crippen molar-refractivity contribution >= 4 is 22.3 Å². The van der Waals surface area contributed by atoms with Crippen LogP contribution in [0.25, 0.3) is 10.9 Å². The van der Waals surface area contributed by atoms with E-state index in [0.29, 0.717) is 12.0 Å². The molecule has 4 nitrogen and oxygen atoms in total. The highest BCUT2D eigenvalue weighted by Crippen LogP contribution is 2.27. The van der Waals surface area contributed by atoms with E-state index < -0.39 is 0 Å². The van der Waals surface area contributed by atoms with Gasteiger partial charge in [-0.1, -0.05) is 13.8 Å². The van der Waals surface area contributed by atoms with Crippen LogP contribution in [0.1, 0.15) is 13.8 Å². The SMILES string of the molecule is CC(C)C(CN(C)C)Nc1ccc(N)c2ncccc12. The van der Waals surface area contributed by atoms with Crippen molar-refractivity contribution in [2.24, 2.45) is 5.92 Å². The Bertz CT molecular complexity index is 578. The lowest BCUT2D eigenvalue weighted by atomic mass is 10.0. The lowest BCUT2D eigenvalue weighted by molar-refractivity contribution is 0.345. The second-order valence-electron chi connectivity index (χ2n) is 5.86. The molecule has 3 N–H and O–H groups in total. The minimum absolute atomic E-state index is 0.386. The standard InChI is InChI=1S/C16H24N4/c1-11(2)15(10-20(3)4)19-14-8-7-13(17)16-12(14)6-5-9-18-16/h5-9,11,15,19H,10,17H2,1-4H3. The molecule has 1 aromatic carbocycles. The largest absolute Gasteiger partial charge is 0.397 e. The zero-order valence-corrected chi connectivity index (χ0v) is 12.7. The average molecular weight is 272 g/mol. The molecule has 0 bridgehead atoms. The van der Waals surface area contributed by atoms with Crippen LogP contribution in [0.15, 0.2) is 30.5 Å². The number of aromatic nitrogens is 1. The van der Waals surface area contributed by atoms with Crippen LogP contribution in [0, 0.1) is 5.92 Å². The van der Waals surface area contributed by atoms with Gasteiger partial charge < -0.3 is 16.0 Å². The number of rotatable bonds is 5. The van der Waals surface area contributed by atoms with Gasteiger partial charge in [-0.25, -0.2) is 0 Å². The monoisotopic (exact) mass is 272 g/mol. The van der Waals surface area contributed by atoms with Crippen molar-refractivity contribution in [3.63, 3.8) is 0 Å². The number of nitrogen functional groups attached to an aromatic ring is 1. The highest BCUT2D eigenvalue weighted by Gasteiger charge is 2.15. The number of hydrogen-bond donors (Lipinski definition) is 2. The van der Waals surface area contributed by atoms with E-state index in [-0.39, 0.29) is 0 Å². The van der Waals surface area contributed by atoms with Crippen molar-refractivity contribution in [1.29, 1.82) is 0 Å². The molecule has 20 heavy (non-hydrogen) atoms. The van der Waals surface area contributed by atoms with Crippen molar-refractivity contribution in [2.45, 2.75) is 19.9 Å². The van der Waals surface area contributed by atoms with E-state index in [2.05, 4.69) is 49.2 Å². The average Bonchev–Trinajstić information content (AvgIpc) is 2.40. The van der Waals surface area contributed by atoms with Gasteiger partial charge in [0.1, 0.15) is 0 Å². The Morgan fingerprint density at radius 1 is 1.25 bits per heavy atom. The van der Waals surface area contributed by atoms with Crippen LogP contribution in [0.2, 0.25) is 0 Å². The van der Waals surface area contributed by atoms with Crippen molar-refractivity contribution < 1.29 is 0 Å². The molecule has 2 aromatic rings. The van der Waals surface area contributed by atoms with Gasteiger partial charge in [-0.3, -0.25) is 4.98 Å². The number of nitrogens with two attached hydrogens (primary N) is 1. The summed E-state index contributed by atoms with van der Waals surface area (Å²) in [6.07, 6.45) is 1.78. The second kappa shape index (κ2) is 6.09. The van der Waals surface area contributed by atoms with E-state index in [0.717, 1.165) is 28.8 Å². The third kappa shape index (κ3) is 3.20. The first kappa shape index (κ1) is 14.6. The summed E-state index contributed by atoms with van der Waals surface area (Å²) in [5.41, 5.74) is 8.69. The van der Waals surface area contributed by atoms with Crippen LogP contribution in [0.5, 0.6) is 0 Å². The zero-order chi connectivity index (χ0) is 14.7. The van der Waals surface area contributed by atoms with Crippen LogP contribution in [0.3, 0.4) is 0 Å². The topological polar surface area (TPSA) is 54.2 Å². The fourth-order valence-corrected chi connectivity index (χ4v) is 2.34. The molecule has 0 spiro atoms. The van der Waals surface area contributed by atoms with Gasteiger partial charge in [-0.15, -0.1) is 0 Å². The molecule has 0 aliphatic rings. The van der Waals surface area contributed by atoms with Gasteiger partial charge in [-0.2, -0.15) is 0 Å². The maximum Gasteiger partial charge on any atom is 0.0951 e. The lowest BCUT2D eigenvalue weighted by Crippen LogP contribution is -2.36. The molecular weight excluding hydrogens is 248 g/mol. The van der Waals surface area contributed by atoms with Crippen molar-refractivity contribution in [1.82, 2.24) is 9.88 Å². The van der Waals surface area contributed by atoms with Crippen LogP contribution in [-0.2, 0) is 0 Å². The van der Waals surface area contributed by atoms with E-state index >= 15 is 0 Å². The van der Waals surface area contributed by atoms with Crippen LogP contribution in [0.4, 0.5) is 11.4 Å². The fourth-order valence-electron chi connectivity index (χ4n) is 2.34. The minimum atomic E-state index is 0.386. The Balaban J connectivity index is 2.35. The summed E-state index contributed by atoms with van der Waals surface area (Å²) in [6, 6.07) is 8.36. The molecule has 4 heteroatoms. The van der Waals surface area contributed by atoms with Gasteiger partial charge in [0.05, 0.1) is 11.2 Å². The summed E-state index contributed by atoms with van der Waals surface area (Å²) in [4.78, 5) is 6.58. The molecule has 0 amide bonds. The van der Waals surface area contributed by atoms with Gasteiger partial charge in [0.2, 0.25) is 0 Å². The molecule has 0 aliphatic carbocycles. The molecule has 1 atom stereocenters. The molecular formula is C16H24N4. The van der Waals surface area contributed by atoms with Crippen LogP contribution in [-0.4, -0.2) is 36.6 Å². The van der Waals surface area contributed by atoms with E-state index in [1.54, 1.807) is 6.20 Å². The lowest BCUT2D eigenvalue weighted by Gasteiger charge is -2.27. The summed E-state index contributed by atoms with van der Waals surface area (Å²) in [5.74, 6) is 0.543. The maximum atomic E-state index is 6.00. The predicted octanol–water partition coefficient (Wildman–Crippen LogP) is 2.82. The number of nitrogens with one attached hydrogen (secondary N) is 1. The summed E-state index contributed by atoms with van der Waals surface area (Å²) >= 11 is 0. The minimum Gasteiger partial charge on any atom is -0.397 e. The first-order valence-corrected chi connectivity index (χ1v) is 7.03. The summed E-state index contributed by atoms with van der Waals surface area (Å²) in [6.45, 7) is 5.46. The molecule has 0 aliphatic heterocycles. The van der Waals surface area contributed by atoms with E-state index in [9.17, 15) is 0 Å². The third-order valence-electron chi connectivity index (χ3n) is 3.51.